The summed E-state index contributed by atoms with van der Waals surface area (Å²) in [7, 11) is 0. The van der Waals surface area contributed by atoms with E-state index < -0.39 is 0 Å². The lowest BCUT2D eigenvalue weighted by Crippen LogP contribution is -1.97. The van der Waals surface area contributed by atoms with Gasteiger partial charge in [0.25, 0.3) is 0 Å². The molecule has 0 spiro atoms. The highest BCUT2D eigenvalue weighted by Crippen LogP contribution is 1.86. The number of allylic oxidation sites excluding steroid dienone is 2. The smallest absolute Gasteiger partial charge is 0.115 e. The monoisotopic (exact) mass is 96.0 g/mol. The summed E-state index contributed by atoms with van der Waals surface area (Å²) in [5.41, 5.74) is 2.52. The van der Waals surface area contributed by atoms with Gasteiger partial charge in [-0.2, -0.15) is 0 Å². The van der Waals surface area contributed by atoms with Gasteiger partial charge in [-0.25, -0.2) is 5.48 Å². The van der Waals surface area contributed by atoms with Crippen LogP contribution in [0.3, 0.4) is 0 Å². The van der Waals surface area contributed by atoms with Gasteiger partial charge in [0, 0.05) is 6.20 Å². The van der Waals surface area contributed by atoms with Crippen LogP contribution in [0.5, 0.6) is 0 Å². The Labute approximate surface area is 42.4 Å². The first kappa shape index (κ1) is 4.24. The lowest BCUT2D eigenvalue weighted by molar-refractivity contribution is 0.177. The minimum Gasteiger partial charge on any atom is -0.391 e. The molecule has 1 rings (SSSR count). The molecule has 0 bridgehead atoms. The molecule has 1 N–H and O–H groups in total. The van der Waals surface area contributed by atoms with E-state index in [0.29, 0.717) is 0 Å². The second-order valence-corrected chi connectivity index (χ2v) is 1.16. The average Bonchev–Trinajstić information content (AvgIpc) is 1.90. The average molecular weight is 96.1 g/mol. The standard InChI is InChI=1S/C5H6NO/c1-2-4-6-7-5-3-1/h3-6H,1H2. The minimum absolute atomic E-state index is 0.826. The van der Waals surface area contributed by atoms with Crippen LogP contribution in [0.2, 0.25) is 0 Å². The van der Waals surface area contributed by atoms with Gasteiger partial charge >= 0.3 is 0 Å². The molecule has 0 unspecified atom stereocenters. The fourth-order valence-electron chi connectivity index (χ4n) is 0.338. The zero-order chi connectivity index (χ0) is 4.95. The van der Waals surface area contributed by atoms with E-state index in [1.54, 1.807) is 12.5 Å². The summed E-state index contributed by atoms with van der Waals surface area (Å²) in [6.07, 6.45) is 8.83. The summed E-state index contributed by atoms with van der Waals surface area (Å²) in [6, 6.07) is 0. The Balaban J connectivity index is 2.38. The molecule has 37 valence electrons. The molecule has 0 atom stereocenters. The van der Waals surface area contributed by atoms with Crippen LogP contribution < -0.4 is 5.48 Å². The molecule has 1 aliphatic rings. The molecular weight excluding hydrogens is 90.1 g/mol. The van der Waals surface area contributed by atoms with Crippen molar-refractivity contribution < 1.29 is 4.84 Å². The molecule has 0 aliphatic carbocycles. The van der Waals surface area contributed by atoms with Crippen LogP contribution in [0.25, 0.3) is 0 Å². The third kappa shape index (κ3) is 1.30. The summed E-state index contributed by atoms with van der Waals surface area (Å²) in [5, 5.41) is 0. The van der Waals surface area contributed by atoms with Crippen molar-refractivity contribution >= 4 is 0 Å². The third-order valence-corrected chi connectivity index (χ3v) is 0.629. The van der Waals surface area contributed by atoms with Gasteiger partial charge < -0.3 is 4.84 Å². The van der Waals surface area contributed by atoms with Crippen LogP contribution in [0.1, 0.15) is 6.42 Å². The number of hydrogen-bond acceptors (Lipinski definition) is 2. The van der Waals surface area contributed by atoms with Crippen molar-refractivity contribution in [1.29, 1.82) is 0 Å². The first-order chi connectivity index (χ1) is 3.50. The Bertz CT molecular complexity index is 84.3. The van der Waals surface area contributed by atoms with Gasteiger partial charge in [-0.15, -0.1) is 0 Å². The molecule has 0 saturated carbocycles. The second-order valence-electron chi connectivity index (χ2n) is 1.16. The number of hydrogen-bond donors (Lipinski definition) is 1. The van der Waals surface area contributed by atoms with Crippen LogP contribution in [-0.4, -0.2) is 0 Å². The normalized spacial score (nSPS) is 17.1. The fourth-order valence-corrected chi connectivity index (χ4v) is 0.338. The molecule has 1 radical (unpaired) electrons. The number of nitrogens with one attached hydrogen (secondary N) is 1. The van der Waals surface area contributed by atoms with E-state index >= 15 is 0 Å². The number of hydroxylamine groups is 1. The molecule has 2 heteroatoms. The first-order valence-electron chi connectivity index (χ1n) is 2.11. The molecule has 0 aromatic rings. The van der Waals surface area contributed by atoms with Crippen molar-refractivity contribution in [2.24, 2.45) is 0 Å². The van der Waals surface area contributed by atoms with Gasteiger partial charge in [0.2, 0.25) is 0 Å². The van der Waals surface area contributed by atoms with Crippen LogP contribution >= 0.6 is 0 Å². The Morgan fingerprint density at radius 1 is 1.71 bits per heavy atom. The molecule has 7 heavy (non-hydrogen) atoms. The molecule has 0 aromatic heterocycles. The largest absolute Gasteiger partial charge is 0.391 e. The first-order valence-corrected chi connectivity index (χ1v) is 2.11. The van der Waals surface area contributed by atoms with E-state index in [9.17, 15) is 0 Å². The molecule has 1 aliphatic heterocycles. The van der Waals surface area contributed by atoms with Crippen molar-refractivity contribution in [3.63, 3.8) is 0 Å². The van der Waals surface area contributed by atoms with Crippen LogP contribution in [0.4, 0.5) is 0 Å². The molecule has 1 heterocycles. The van der Waals surface area contributed by atoms with Gasteiger partial charge in [0.15, 0.2) is 0 Å². The lowest BCUT2D eigenvalue weighted by atomic mass is 10.4. The molecule has 0 saturated heterocycles. The zero-order valence-electron chi connectivity index (χ0n) is 3.85. The third-order valence-electron chi connectivity index (χ3n) is 0.629. The van der Waals surface area contributed by atoms with E-state index in [2.05, 4.69) is 16.4 Å². The van der Waals surface area contributed by atoms with Gasteiger partial charge in [-0.3, -0.25) is 0 Å². The Morgan fingerprint density at radius 3 is 3.71 bits per heavy atom. The van der Waals surface area contributed by atoms with E-state index in [0.717, 1.165) is 6.42 Å². The van der Waals surface area contributed by atoms with Crippen LogP contribution in [-0.2, 0) is 4.84 Å². The van der Waals surface area contributed by atoms with Gasteiger partial charge in [0.05, 0.1) is 0 Å². The predicted octanol–water partition coefficient (Wildman–Crippen LogP) is 0.742. The lowest BCUT2D eigenvalue weighted by Gasteiger charge is -1.90. The maximum absolute atomic E-state index is 4.65. The highest BCUT2D eigenvalue weighted by molar-refractivity contribution is 4.84. The maximum atomic E-state index is 4.65. The van der Waals surface area contributed by atoms with Gasteiger partial charge in [-0.05, 0) is 18.6 Å². The summed E-state index contributed by atoms with van der Waals surface area (Å²) < 4.78 is 0. The van der Waals surface area contributed by atoms with E-state index in [-0.39, 0.29) is 0 Å². The summed E-state index contributed by atoms with van der Waals surface area (Å²) in [4.78, 5) is 4.65. The Hall–Kier alpha value is -0.920. The van der Waals surface area contributed by atoms with E-state index in [1.807, 2.05) is 6.08 Å². The fraction of sp³-hybridized carbons (Fsp3) is 0.200. The van der Waals surface area contributed by atoms with Crippen molar-refractivity contribution in [2.75, 3.05) is 0 Å². The van der Waals surface area contributed by atoms with Gasteiger partial charge in [0.1, 0.15) is 6.26 Å². The van der Waals surface area contributed by atoms with Crippen molar-refractivity contribution in [2.45, 2.75) is 6.42 Å². The quantitative estimate of drug-likeness (QED) is 0.480. The van der Waals surface area contributed by atoms with E-state index in [4.69, 9.17) is 0 Å². The van der Waals surface area contributed by atoms with Crippen molar-refractivity contribution in [3.8, 4) is 0 Å². The SMILES string of the molecule is [C]1=CNOC=CC1. The molecule has 0 amide bonds. The highest BCUT2D eigenvalue weighted by atomic mass is 16.6. The summed E-state index contributed by atoms with van der Waals surface area (Å²) >= 11 is 0. The molecular formula is C5H6NO. The van der Waals surface area contributed by atoms with Gasteiger partial charge in [-0.1, -0.05) is 0 Å². The van der Waals surface area contributed by atoms with Crippen LogP contribution in [0.15, 0.2) is 18.5 Å². The van der Waals surface area contributed by atoms with Crippen molar-refractivity contribution in [3.05, 3.63) is 24.6 Å². The topological polar surface area (TPSA) is 21.3 Å². The number of rotatable bonds is 0. The summed E-state index contributed by atoms with van der Waals surface area (Å²) in [6.45, 7) is 0. The predicted molar refractivity (Wildman–Crippen MR) is 25.8 cm³/mol. The maximum Gasteiger partial charge on any atom is 0.115 e. The molecule has 0 aromatic carbocycles. The zero-order valence-corrected chi connectivity index (χ0v) is 3.85. The van der Waals surface area contributed by atoms with Crippen molar-refractivity contribution in [1.82, 2.24) is 5.48 Å². The van der Waals surface area contributed by atoms with E-state index in [1.165, 1.54) is 0 Å². The Kier molecular flexibility index (Phi) is 1.39. The molecule has 2 nitrogen and oxygen atoms in total. The highest BCUT2D eigenvalue weighted by Gasteiger charge is 1.77. The molecule has 0 fully saturated rings. The summed E-state index contributed by atoms with van der Waals surface area (Å²) in [5.74, 6) is 0. The Morgan fingerprint density at radius 2 is 2.71 bits per heavy atom. The van der Waals surface area contributed by atoms with Crippen LogP contribution in [0, 0.1) is 6.08 Å². The minimum atomic E-state index is 0.826. The second kappa shape index (κ2) is 2.29.